The van der Waals surface area contributed by atoms with E-state index in [2.05, 4.69) is 15.4 Å². The van der Waals surface area contributed by atoms with E-state index in [1.165, 1.54) is 24.1 Å². The minimum Gasteiger partial charge on any atom is -0.436 e. The van der Waals surface area contributed by atoms with Crippen molar-refractivity contribution in [3.8, 4) is 11.6 Å². The fourth-order valence-electron chi connectivity index (χ4n) is 1.42. The lowest BCUT2D eigenvalue weighted by Crippen LogP contribution is -2.07. The van der Waals surface area contributed by atoms with Crippen LogP contribution in [-0.2, 0) is 13.2 Å². The predicted octanol–water partition coefficient (Wildman–Crippen LogP) is 2.67. The van der Waals surface area contributed by atoms with E-state index in [-0.39, 0.29) is 11.7 Å². The number of anilines is 1. The second kappa shape index (κ2) is 4.79. The molecule has 0 radical (unpaired) electrons. The van der Waals surface area contributed by atoms with Gasteiger partial charge in [-0.05, 0) is 6.07 Å². The van der Waals surface area contributed by atoms with Crippen molar-refractivity contribution in [2.24, 2.45) is 7.05 Å². The Balaban J connectivity index is 2.34. The molecule has 0 amide bonds. The van der Waals surface area contributed by atoms with Gasteiger partial charge < -0.3 is 10.1 Å². The van der Waals surface area contributed by atoms with Crippen molar-refractivity contribution >= 4 is 5.82 Å². The smallest absolute Gasteiger partial charge is 0.416 e. The average Bonchev–Trinajstić information content (AvgIpc) is 2.73. The minimum atomic E-state index is -4.46. The van der Waals surface area contributed by atoms with Crippen LogP contribution in [0.5, 0.6) is 11.6 Å². The molecular weight excluding hydrogens is 261 g/mol. The van der Waals surface area contributed by atoms with Crippen molar-refractivity contribution in [2.75, 3.05) is 12.4 Å². The zero-order chi connectivity index (χ0) is 14.0. The maximum atomic E-state index is 12.7. The van der Waals surface area contributed by atoms with Gasteiger partial charge in [0, 0.05) is 20.2 Å². The van der Waals surface area contributed by atoms with Gasteiger partial charge in [0.05, 0.1) is 18.0 Å². The highest BCUT2D eigenvalue weighted by Gasteiger charge is 2.32. The van der Waals surface area contributed by atoms with Crippen molar-refractivity contribution in [1.82, 2.24) is 14.8 Å². The second-order valence-electron chi connectivity index (χ2n) is 3.78. The van der Waals surface area contributed by atoms with Crippen LogP contribution in [0.25, 0.3) is 0 Å². The normalized spacial score (nSPS) is 11.4. The van der Waals surface area contributed by atoms with Crippen molar-refractivity contribution in [2.45, 2.75) is 6.18 Å². The summed E-state index contributed by atoms with van der Waals surface area (Å²) in [6.07, 6.45) is -1.54. The number of alkyl halides is 3. The van der Waals surface area contributed by atoms with Crippen LogP contribution >= 0.6 is 0 Å². The summed E-state index contributed by atoms with van der Waals surface area (Å²) in [5, 5.41) is 6.41. The number of hydrogen-bond donors (Lipinski definition) is 1. The summed E-state index contributed by atoms with van der Waals surface area (Å²) in [6, 6.07) is 1.75. The maximum absolute atomic E-state index is 12.7. The fraction of sp³-hybridized carbons (Fsp3) is 0.273. The molecule has 5 nitrogen and oxygen atoms in total. The summed E-state index contributed by atoms with van der Waals surface area (Å²) < 4.78 is 44.8. The van der Waals surface area contributed by atoms with Gasteiger partial charge in [-0.2, -0.15) is 23.3 Å². The third-order valence-electron chi connectivity index (χ3n) is 2.29. The largest absolute Gasteiger partial charge is 0.436 e. The van der Waals surface area contributed by atoms with Crippen molar-refractivity contribution in [3.63, 3.8) is 0 Å². The molecule has 0 unspecified atom stereocenters. The van der Waals surface area contributed by atoms with E-state index in [0.717, 1.165) is 12.1 Å². The van der Waals surface area contributed by atoms with E-state index in [1.807, 2.05) is 0 Å². The van der Waals surface area contributed by atoms with Crippen LogP contribution in [0.1, 0.15) is 5.56 Å². The van der Waals surface area contributed by atoms with Gasteiger partial charge in [0.15, 0.2) is 5.75 Å². The molecular formula is C11H11F3N4O. The highest BCUT2D eigenvalue weighted by Crippen LogP contribution is 2.33. The standard InChI is InChI=1S/C11H11F3N4O/c1-15-9-3-7(11(12,13)14)4-10(17-9)19-8-5-16-18(2)6-8/h3-6H,1-2H3,(H,15,17). The van der Waals surface area contributed by atoms with E-state index in [9.17, 15) is 13.2 Å². The number of aromatic nitrogens is 3. The van der Waals surface area contributed by atoms with Gasteiger partial charge in [-0.15, -0.1) is 0 Å². The van der Waals surface area contributed by atoms with E-state index in [4.69, 9.17) is 4.74 Å². The van der Waals surface area contributed by atoms with Crippen LogP contribution in [0.15, 0.2) is 24.5 Å². The first-order valence-electron chi connectivity index (χ1n) is 5.32. The Kier molecular flexibility index (Phi) is 3.32. The number of hydrogen-bond acceptors (Lipinski definition) is 4. The Hall–Kier alpha value is -2.25. The lowest BCUT2D eigenvalue weighted by Gasteiger charge is -2.11. The summed E-state index contributed by atoms with van der Waals surface area (Å²) in [5.74, 6) is 0.247. The lowest BCUT2D eigenvalue weighted by atomic mass is 10.2. The minimum absolute atomic E-state index is 0.0775. The van der Waals surface area contributed by atoms with Gasteiger partial charge in [0.1, 0.15) is 5.82 Å². The zero-order valence-corrected chi connectivity index (χ0v) is 10.2. The second-order valence-corrected chi connectivity index (χ2v) is 3.78. The van der Waals surface area contributed by atoms with E-state index in [0.29, 0.717) is 5.75 Å². The molecule has 1 N–H and O–H groups in total. The third-order valence-corrected chi connectivity index (χ3v) is 2.29. The zero-order valence-electron chi connectivity index (χ0n) is 10.2. The monoisotopic (exact) mass is 272 g/mol. The van der Waals surface area contributed by atoms with Crippen LogP contribution in [0.2, 0.25) is 0 Å². The molecule has 0 atom stereocenters. The first kappa shape index (κ1) is 13.2. The average molecular weight is 272 g/mol. The van der Waals surface area contributed by atoms with E-state index in [1.54, 1.807) is 7.05 Å². The molecule has 0 aliphatic rings. The molecule has 0 bridgehead atoms. The Morgan fingerprint density at radius 2 is 2.05 bits per heavy atom. The summed E-state index contributed by atoms with van der Waals surface area (Å²) in [5.41, 5.74) is -0.828. The molecule has 8 heteroatoms. The van der Waals surface area contributed by atoms with Crippen LogP contribution in [0, 0.1) is 0 Å². The summed E-state index contributed by atoms with van der Waals surface area (Å²) >= 11 is 0. The number of nitrogens with zero attached hydrogens (tertiary/aromatic N) is 3. The maximum Gasteiger partial charge on any atom is 0.416 e. The van der Waals surface area contributed by atoms with Gasteiger partial charge in [-0.25, -0.2) is 0 Å². The van der Waals surface area contributed by atoms with Crippen LogP contribution in [-0.4, -0.2) is 21.8 Å². The predicted molar refractivity (Wildman–Crippen MR) is 62.1 cm³/mol. The summed E-state index contributed by atoms with van der Waals surface area (Å²) in [4.78, 5) is 3.90. The Bertz CT molecular complexity index is 580. The molecule has 0 spiro atoms. The topological polar surface area (TPSA) is 52.0 Å². The van der Waals surface area contributed by atoms with Crippen molar-refractivity contribution in [3.05, 3.63) is 30.1 Å². The molecule has 0 aliphatic carbocycles. The van der Waals surface area contributed by atoms with E-state index >= 15 is 0 Å². The highest BCUT2D eigenvalue weighted by atomic mass is 19.4. The third kappa shape index (κ3) is 3.15. The molecule has 2 aromatic rings. The molecule has 2 aromatic heterocycles. The van der Waals surface area contributed by atoms with Crippen LogP contribution in [0.3, 0.4) is 0 Å². The lowest BCUT2D eigenvalue weighted by molar-refractivity contribution is -0.137. The molecule has 102 valence electrons. The number of nitrogens with one attached hydrogen (secondary N) is 1. The molecule has 0 saturated carbocycles. The van der Waals surface area contributed by atoms with Crippen LogP contribution in [0.4, 0.5) is 19.0 Å². The number of halogens is 3. The SMILES string of the molecule is CNc1cc(C(F)(F)F)cc(Oc2cnn(C)c2)n1. The number of rotatable bonds is 3. The van der Waals surface area contributed by atoms with Crippen molar-refractivity contribution in [1.29, 1.82) is 0 Å². The molecule has 0 aliphatic heterocycles. The number of pyridine rings is 1. The van der Waals surface area contributed by atoms with Gasteiger partial charge in [-0.1, -0.05) is 0 Å². The Morgan fingerprint density at radius 3 is 2.58 bits per heavy atom. The van der Waals surface area contributed by atoms with Gasteiger partial charge >= 0.3 is 6.18 Å². The molecule has 0 aromatic carbocycles. The molecule has 2 heterocycles. The molecule has 0 saturated heterocycles. The quantitative estimate of drug-likeness (QED) is 0.933. The highest BCUT2D eigenvalue weighted by molar-refractivity contribution is 5.42. The Labute approximate surface area is 107 Å². The fourth-order valence-corrected chi connectivity index (χ4v) is 1.42. The summed E-state index contributed by atoms with van der Waals surface area (Å²) in [6.45, 7) is 0. The first-order valence-corrected chi connectivity index (χ1v) is 5.32. The van der Waals surface area contributed by atoms with Gasteiger partial charge in [0.25, 0.3) is 0 Å². The van der Waals surface area contributed by atoms with Crippen molar-refractivity contribution < 1.29 is 17.9 Å². The van der Waals surface area contributed by atoms with Gasteiger partial charge in [0.2, 0.25) is 5.88 Å². The van der Waals surface area contributed by atoms with Gasteiger partial charge in [-0.3, -0.25) is 4.68 Å². The Morgan fingerprint density at radius 1 is 1.32 bits per heavy atom. The number of ether oxygens (including phenoxy) is 1. The van der Waals surface area contributed by atoms with Crippen LogP contribution < -0.4 is 10.1 Å². The number of aryl methyl sites for hydroxylation is 1. The molecule has 0 fully saturated rings. The van der Waals surface area contributed by atoms with E-state index < -0.39 is 11.7 Å². The molecule has 2 rings (SSSR count). The first-order chi connectivity index (χ1) is 8.88. The summed E-state index contributed by atoms with van der Waals surface area (Å²) in [7, 11) is 3.15. The molecule has 19 heavy (non-hydrogen) atoms.